The zero-order valence-corrected chi connectivity index (χ0v) is 13.0. The molecule has 2 rings (SSSR count). The summed E-state index contributed by atoms with van der Waals surface area (Å²) in [5, 5.41) is 10.5. The van der Waals surface area contributed by atoms with Crippen molar-refractivity contribution in [3.05, 3.63) is 75.9 Å². The first-order chi connectivity index (χ1) is 9.93. The molecule has 0 heterocycles. The number of hydrogen-bond donors (Lipinski definition) is 0. The zero-order valence-electron chi connectivity index (χ0n) is 13.0. The fourth-order valence-corrected chi connectivity index (χ4v) is 1.52. The van der Waals surface area contributed by atoms with Gasteiger partial charge in [0.15, 0.2) is 0 Å². The highest BCUT2D eigenvalue weighted by atomic mass is 16.6. The zero-order chi connectivity index (χ0) is 15.8. The summed E-state index contributed by atoms with van der Waals surface area (Å²) >= 11 is 0. The average Bonchev–Trinajstić information content (AvgIpc) is 2.48. The molecule has 0 aliphatic heterocycles. The van der Waals surface area contributed by atoms with Crippen LogP contribution < -0.4 is 0 Å². The van der Waals surface area contributed by atoms with Crippen LogP contribution in [0.15, 0.2) is 60.2 Å². The van der Waals surface area contributed by atoms with Gasteiger partial charge in [-0.25, -0.2) is 0 Å². The molecule has 0 amide bonds. The van der Waals surface area contributed by atoms with Crippen molar-refractivity contribution >= 4 is 5.69 Å². The molecule has 0 spiro atoms. The fourth-order valence-electron chi connectivity index (χ4n) is 1.52. The van der Waals surface area contributed by atoms with Crippen molar-refractivity contribution < 1.29 is 4.92 Å². The molecule has 0 radical (unpaired) electrons. The largest absolute Gasteiger partial charge is 0.269 e. The minimum absolute atomic E-state index is 0.121. The van der Waals surface area contributed by atoms with E-state index in [-0.39, 0.29) is 10.6 Å². The van der Waals surface area contributed by atoms with Crippen LogP contribution in [0.25, 0.3) is 11.1 Å². The summed E-state index contributed by atoms with van der Waals surface area (Å²) in [6.07, 6.45) is 2.08. The molecule has 2 aromatic carbocycles. The lowest BCUT2D eigenvalue weighted by molar-refractivity contribution is -0.384. The number of non-ortho nitro benzene ring substituents is 1. The van der Waals surface area contributed by atoms with Crippen molar-refractivity contribution in [3.8, 4) is 11.1 Å². The fraction of sp³-hybridized carbons (Fsp3) is 0.222. The van der Waals surface area contributed by atoms with Gasteiger partial charge >= 0.3 is 0 Å². The first kappa shape index (κ1) is 16.6. The molecule has 0 saturated heterocycles. The molecular formula is C18H21NO2. The number of benzene rings is 2. The average molecular weight is 283 g/mol. The van der Waals surface area contributed by atoms with Crippen molar-refractivity contribution in [1.82, 2.24) is 0 Å². The third-order valence-electron chi connectivity index (χ3n) is 3.04. The summed E-state index contributed by atoms with van der Waals surface area (Å²) in [7, 11) is 0. The Kier molecular flexibility index (Phi) is 6.34. The molecule has 2 aromatic rings. The highest BCUT2D eigenvalue weighted by molar-refractivity contribution is 5.64. The van der Waals surface area contributed by atoms with E-state index in [1.54, 1.807) is 12.1 Å². The van der Waals surface area contributed by atoms with Gasteiger partial charge < -0.3 is 0 Å². The normalized spacial score (nSPS) is 9.33. The molecule has 21 heavy (non-hydrogen) atoms. The molecule has 110 valence electrons. The number of nitro groups is 1. The second-order valence-electron chi connectivity index (χ2n) is 5.04. The molecule has 0 saturated carbocycles. The number of hydrogen-bond acceptors (Lipinski definition) is 2. The Balaban J connectivity index is 0.000000383. The molecule has 0 aliphatic carbocycles. The Labute approximate surface area is 126 Å². The van der Waals surface area contributed by atoms with Crippen LogP contribution in [-0.2, 0) is 0 Å². The molecule has 3 nitrogen and oxygen atoms in total. The van der Waals surface area contributed by atoms with Gasteiger partial charge in [0.1, 0.15) is 0 Å². The Bertz CT molecular complexity index is 607. The predicted octanol–water partition coefficient (Wildman–Crippen LogP) is 5.54. The van der Waals surface area contributed by atoms with Gasteiger partial charge in [0.2, 0.25) is 0 Å². The monoisotopic (exact) mass is 283 g/mol. The second-order valence-corrected chi connectivity index (χ2v) is 5.04. The maximum atomic E-state index is 10.5. The Morgan fingerprint density at radius 2 is 1.33 bits per heavy atom. The van der Waals surface area contributed by atoms with Gasteiger partial charge in [0.05, 0.1) is 4.92 Å². The summed E-state index contributed by atoms with van der Waals surface area (Å²) < 4.78 is 0. The number of nitro benzene ring substituents is 1. The molecular weight excluding hydrogens is 262 g/mol. The van der Waals surface area contributed by atoms with Crippen LogP contribution in [-0.4, -0.2) is 4.92 Å². The van der Waals surface area contributed by atoms with E-state index in [1.165, 1.54) is 23.3 Å². The highest BCUT2D eigenvalue weighted by Crippen LogP contribution is 2.22. The molecule has 0 aliphatic rings. The lowest BCUT2D eigenvalue weighted by Crippen LogP contribution is -1.87. The third-order valence-corrected chi connectivity index (χ3v) is 3.04. The van der Waals surface area contributed by atoms with Crippen molar-refractivity contribution in [2.24, 2.45) is 0 Å². The quantitative estimate of drug-likeness (QED) is 0.412. The summed E-state index contributed by atoms with van der Waals surface area (Å²) in [5.74, 6) is 0. The summed E-state index contributed by atoms with van der Waals surface area (Å²) in [6, 6.07) is 14.6. The van der Waals surface area contributed by atoms with E-state index >= 15 is 0 Å². The maximum absolute atomic E-state index is 10.5. The molecule has 3 heteroatoms. The van der Waals surface area contributed by atoms with Crippen molar-refractivity contribution in [3.63, 3.8) is 0 Å². The van der Waals surface area contributed by atoms with E-state index < -0.39 is 0 Å². The van der Waals surface area contributed by atoms with Gasteiger partial charge in [-0.15, -0.1) is 0 Å². The maximum Gasteiger partial charge on any atom is 0.269 e. The minimum Gasteiger partial charge on any atom is -0.258 e. The van der Waals surface area contributed by atoms with E-state index in [0.29, 0.717) is 0 Å². The van der Waals surface area contributed by atoms with Gasteiger partial charge in [-0.3, -0.25) is 10.1 Å². The summed E-state index contributed by atoms with van der Waals surface area (Å²) in [6.45, 7) is 8.23. The van der Waals surface area contributed by atoms with Crippen LogP contribution in [0.2, 0.25) is 0 Å². The predicted molar refractivity (Wildman–Crippen MR) is 88.4 cm³/mol. The van der Waals surface area contributed by atoms with E-state index in [1.807, 2.05) is 38.1 Å². The van der Waals surface area contributed by atoms with Crippen LogP contribution in [0.5, 0.6) is 0 Å². The highest BCUT2D eigenvalue weighted by Gasteiger charge is 2.04. The van der Waals surface area contributed by atoms with Crippen molar-refractivity contribution in [1.29, 1.82) is 0 Å². The van der Waals surface area contributed by atoms with Gasteiger partial charge in [0.25, 0.3) is 5.69 Å². The lowest BCUT2D eigenvalue weighted by Gasteiger charge is -2.01. The van der Waals surface area contributed by atoms with E-state index in [9.17, 15) is 10.1 Å². The Morgan fingerprint density at radius 3 is 1.67 bits per heavy atom. The topological polar surface area (TPSA) is 43.1 Å². The van der Waals surface area contributed by atoms with Gasteiger partial charge in [-0.2, -0.15) is 0 Å². The van der Waals surface area contributed by atoms with E-state index in [2.05, 4.69) is 19.9 Å². The van der Waals surface area contributed by atoms with Crippen molar-refractivity contribution in [2.75, 3.05) is 0 Å². The SMILES string of the molecule is CC=C(C)C.Cc1ccc(-c2ccc([N+](=O)[O-])cc2)cc1. The van der Waals surface area contributed by atoms with Gasteiger partial charge in [-0.05, 0) is 51.0 Å². The van der Waals surface area contributed by atoms with Gasteiger partial charge in [-0.1, -0.05) is 41.5 Å². The molecule has 0 bridgehead atoms. The molecule has 0 aromatic heterocycles. The van der Waals surface area contributed by atoms with Crippen LogP contribution in [0.1, 0.15) is 26.3 Å². The van der Waals surface area contributed by atoms with Crippen LogP contribution in [0, 0.1) is 17.0 Å². The Hall–Kier alpha value is -2.42. The Morgan fingerprint density at radius 1 is 0.952 bits per heavy atom. The van der Waals surface area contributed by atoms with Crippen LogP contribution in [0.3, 0.4) is 0 Å². The number of nitrogens with zero attached hydrogens (tertiary/aromatic N) is 1. The smallest absolute Gasteiger partial charge is 0.258 e. The molecule has 0 fully saturated rings. The number of aryl methyl sites for hydroxylation is 1. The standard InChI is InChI=1S/C13H11NO2.C5H10/c1-10-2-4-11(5-3-10)12-6-8-13(9-7-12)14(15)16;1-4-5(2)3/h2-9H,1H3;4H,1-3H3. The van der Waals surface area contributed by atoms with E-state index in [0.717, 1.165) is 11.1 Å². The first-order valence-corrected chi connectivity index (χ1v) is 6.85. The second kappa shape index (κ2) is 8.00. The van der Waals surface area contributed by atoms with Crippen LogP contribution in [0.4, 0.5) is 5.69 Å². The first-order valence-electron chi connectivity index (χ1n) is 6.85. The molecule has 0 atom stereocenters. The lowest BCUT2D eigenvalue weighted by atomic mass is 10.0. The van der Waals surface area contributed by atoms with Crippen LogP contribution >= 0.6 is 0 Å². The minimum atomic E-state index is -0.390. The van der Waals surface area contributed by atoms with Gasteiger partial charge in [0, 0.05) is 12.1 Å². The summed E-state index contributed by atoms with van der Waals surface area (Å²) in [5.41, 5.74) is 4.76. The molecule has 0 unspecified atom stereocenters. The third kappa shape index (κ3) is 5.61. The molecule has 0 N–H and O–H groups in total. The number of rotatable bonds is 2. The van der Waals surface area contributed by atoms with Crippen molar-refractivity contribution in [2.45, 2.75) is 27.7 Å². The summed E-state index contributed by atoms with van der Waals surface area (Å²) in [4.78, 5) is 10.1. The van der Waals surface area contributed by atoms with E-state index in [4.69, 9.17) is 0 Å². The number of allylic oxidation sites excluding steroid dienone is 2.